The zero-order chi connectivity index (χ0) is 13.9. The lowest BCUT2D eigenvalue weighted by Gasteiger charge is -2.34. The van der Waals surface area contributed by atoms with E-state index in [0.29, 0.717) is 25.3 Å². The number of thiazole rings is 1. The molecule has 0 aliphatic carbocycles. The Morgan fingerprint density at radius 1 is 1.40 bits per heavy atom. The molecular weight excluding hydrogens is 272 g/mol. The smallest absolute Gasteiger partial charge is 0.254 e. The minimum Gasteiger partial charge on any atom is -0.377 e. The van der Waals surface area contributed by atoms with E-state index in [-0.39, 0.29) is 11.9 Å². The fourth-order valence-corrected chi connectivity index (χ4v) is 3.22. The third-order valence-corrected chi connectivity index (χ3v) is 4.40. The van der Waals surface area contributed by atoms with E-state index < -0.39 is 0 Å². The van der Waals surface area contributed by atoms with E-state index in [1.807, 2.05) is 47.5 Å². The Balaban J connectivity index is 1.87. The van der Waals surface area contributed by atoms with Gasteiger partial charge in [0.2, 0.25) is 0 Å². The minimum atomic E-state index is -0.0739. The summed E-state index contributed by atoms with van der Waals surface area (Å²) in [5, 5.41) is 2.96. The number of hydrogen-bond acceptors (Lipinski definition) is 4. The highest BCUT2D eigenvalue weighted by Gasteiger charge is 2.31. The molecule has 0 radical (unpaired) electrons. The second-order valence-electron chi connectivity index (χ2n) is 4.78. The normalized spacial score (nSPS) is 19.1. The van der Waals surface area contributed by atoms with E-state index >= 15 is 0 Å². The van der Waals surface area contributed by atoms with Gasteiger partial charge in [0.1, 0.15) is 11.0 Å². The Morgan fingerprint density at radius 2 is 2.20 bits per heavy atom. The van der Waals surface area contributed by atoms with Crippen molar-refractivity contribution in [3.8, 4) is 0 Å². The predicted octanol–water partition coefficient (Wildman–Crippen LogP) is 2.67. The molecule has 1 atom stereocenters. The van der Waals surface area contributed by atoms with Crippen LogP contribution in [0.2, 0.25) is 0 Å². The SMILES string of the molecule is Cc1csc(C2COCCN2C(=O)c2ccccc2)n1. The number of carbonyl (C=O) groups is 1. The van der Waals surface area contributed by atoms with Gasteiger partial charge in [-0.25, -0.2) is 4.98 Å². The molecule has 0 bridgehead atoms. The fourth-order valence-electron chi connectivity index (χ4n) is 2.32. The van der Waals surface area contributed by atoms with Crippen molar-refractivity contribution in [2.45, 2.75) is 13.0 Å². The summed E-state index contributed by atoms with van der Waals surface area (Å²) in [5.74, 6) is 0.0479. The summed E-state index contributed by atoms with van der Waals surface area (Å²) in [6, 6.07) is 9.31. The van der Waals surface area contributed by atoms with Crippen LogP contribution in [0.4, 0.5) is 0 Å². The van der Waals surface area contributed by atoms with Crippen molar-refractivity contribution in [1.82, 2.24) is 9.88 Å². The maximum Gasteiger partial charge on any atom is 0.254 e. The van der Waals surface area contributed by atoms with E-state index in [4.69, 9.17) is 4.74 Å². The molecule has 1 aliphatic rings. The first-order chi connectivity index (χ1) is 9.75. The topological polar surface area (TPSA) is 42.4 Å². The molecule has 2 aromatic rings. The van der Waals surface area contributed by atoms with Gasteiger partial charge in [-0.1, -0.05) is 18.2 Å². The highest BCUT2D eigenvalue weighted by atomic mass is 32.1. The third-order valence-electron chi connectivity index (χ3n) is 3.33. The lowest BCUT2D eigenvalue weighted by molar-refractivity contribution is -0.00277. The number of ether oxygens (including phenoxy) is 1. The summed E-state index contributed by atoms with van der Waals surface area (Å²) in [6.45, 7) is 3.68. The van der Waals surface area contributed by atoms with E-state index in [0.717, 1.165) is 10.7 Å². The number of nitrogens with zero attached hydrogens (tertiary/aromatic N) is 2. The number of benzene rings is 1. The largest absolute Gasteiger partial charge is 0.377 e. The Kier molecular flexibility index (Phi) is 3.80. The second kappa shape index (κ2) is 5.73. The second-order valence-corrected chi connectivity index (χ2v) is 5.67. The van der Waals surface area contributed by atoms with Crippen molar-refractivity contribution >= 4 is 17.2 Å². The van der Waals surface area contributed by atoms with Gasteiger partial charge in [0.25, 0.3) is 5.91 Å². The van der Waals surface area contributed by atoms with Gasteiger partial charge < -0.3 is 9.64 Å². The molecular formula is C15H16N2O2S. The van der Waals surface area contributed by atoms with Gasteiger partial charge in [0.15, 0.2) is 0 Å². The molecule has 1 aromatic heterocycles. The van der Waals surface area contributed by atoms with Gasteiger partial charge in [-0.15, -0.1) is 11.3 Å². The lowest BCUT2D eigenvalue weighted by Crippen LogP contribution is -2.43. The van der Waals surface area contributed by atoms with Crippen LogP contribution < -0.4 is 0 Å². The summed E-state index contributed by atoms with van der Waals surface area (Å²) in [6.07, 6.45) is 0. The van der Waals surface area contributed by atoms with Crippen molar-refractivity contribution in [3.63, 3.8) is 0 Å². The monoisotopic (exact) mass is 288 g/mol. The Hall–Kier alpha value is -1.72. The average Bonchev–Trinajstić information content (AvgIpc) is 2.94. The summed E-state index contributed by atoms with van der Waals surface area (Å²) >= 11 is 1.59. The van der Waals surface area contributed by atoms with Crippen molar-refractivity contribution < 1.29 is 9.53 Å². The zero-order valence-corrected chi connectivity index (χ0v) is 12.1. The van der Waals surface area contributed by atoms with Crippen molar-refractivity contribution in [3.05, 3.63) is 52.0 Å². The predicted molar refractivity (Wildman–Crippen MR) is 77.9 cm³/mol. The number of hydrogen-bond donors (Lipinski definition) is 0. The number of carbonyl (C=O) groups excluding carboxylic acids is 1. The van der Waals surface area contributed by atoms with Crippen LogP contribution in [0.15, 0.2) is 35.7 Å². The van der Waals surface area contributed by atoms with Gasteiger partial charge in [0, 0.05) is 23.2 Å². The molecule has 1 aromatic carbocycles. The first-order valence-corrected chi connectivity index (χ1v) is 7.49. The number of aromatic nitrogens is 1. The van der Waals surface area contributed by atoms with Crippen molar-refractivity contribution in [2.75, 3.05) is 19.8 Å². The van der Waals surface area contributed by atoms with Crippen molar-refractivity contribution in [1.29, 1.82) is 0 Å². The highest BCUT2D eigenvalue weighted by molar-refractivity contribution is 7.09. The lowest BCUT2D eigenvalue weighted by atomic mass is 10.1. The fraction of sp³-hybridized carbons (Fsp3) is 0.333. The van der Waals surface area contributed by atoms with Crippen LogP contribution in [0, 0.1) is 6.92 Å². The minimum absolute atomic E-state index is 0.0479. The number of aryl methyl sites for hydroxylation is 1. The molecule has 3 rings (SSSR count). The van der Waals surface area contributed by atoms with Gasteiger partial charge >= 0.3 is 0 Å². The van der Waals surface area contributed by atoms with Crippen molar-refractivity contribution in [2.24, 2.45) is 0 Å². The summed E-state index contributed by atoms with van der Waals surface area (Å²) in [4.78, 5) is 19.0. The van der Waals surface area contributed by atoms with Crippen LogP contribution in [0.1, 0.15) is 27.1 Å². The van der Waals surface area contributed by atoms with E-state index in [2.05, 4.69) is 4.98 Å². The molecule has 0 saturated carbocycles. The Bertz CT molecular complexity index is 597. The molecule has 2 heterocycles. The Morgan fingerprint density at radius 3 is 2.90 bits per heavy atom. The van der Waals surface area contributed by atoms with E-state index in [9.17, 15) is 4.79 Å². The molecule has 0 N–H and O–H groups in total. The maximum absolute atomic E-state index is 12.6. The van der Waals surface area contributed by atoms with Gasteiger partial charge in [-0.05, 0) is 19.1 Å². The average molecular weight is 288 g/mol. The third kappa shape index (κ3) is 2.59. The first kappa shape index (κ1) is 13.3. The molecule has 1 fully saturated rings. The molecule has 1 saturated heterocycles. The van der Waals surface area contributed by atoms with Crippen LogP contribution in [-0.4, -0.2) is 35.5 Å². The maximum atomic E-state index is 12.6. The standard InChI is InChI=1S/C15H16N2O2S/c1-11-10-20-14(16-11)13-9-19-8-7-17(13)15(18)12-5-3-2-4-6-12/h2-6,10,13H,7-9H2,1H3. The molecule has 5 heteroatoms. The number of morpholine rings is 1. The van der Waals surface area contributed by atoms with Gasteiger partial charge in [0.05, 0.1) is 13.2 Å². The quantitative estimate of drug-likeness (QED) is 0.853. The number of amides is 1. The molecule has 0 spiro atoms. The van der Waals surface area contributed by atoms with E-state index in [1.54, 1.807) is 11.3 Å². The van der Waals surface area contributed by atoms with Crippen LogP contribution >= 0.6 is 11.3 Å². The van der Waals surface area contributed by atoms with Gasteiger partial charge in [-0.3, -0.25) is 4.79 Å². The van der Waals surface area contributed by atoms with Crippen LogP contribution in [0.5, 0.6) is 0 Å². The number of rotatable bonds is 2. The first-order valence-electron chi connectivity index (χ1n) is 6.61. The molecule has 1 aliphatic heterocycles. The van der Waals surface area contributed by atoms with E-state index in [1.165, 1.54) is 0 Å². The molecule has 104 valence electrons. The molecule has 1 unspecified atom stereocenters. The highest BCUT2D eigenvalue weighted by Crippen LogP contribution is 2.28. The van der Waals surface area contributed by atoms with Crippen LogP contribution in [0.25, 0.3) is 0 Å². The van der Waals surface area contributed by atoms with Gasteiger partial charge in [-0.2, -0.15) is 0 Å². The van der Waals surface area contributed by atoms with Crippen LogP contribution in [0.3, 0.4) is 0 Å². The molecule has 20 heavy (non-hydrogen) atoms. The Labute approximate surface area is 122 Å². The molecule has 4 nitrogen and oxygen atoms in total. The summed E-state index contributed by atoms with van der Waals surface area (Å²) in [7, 11) is 0. The molecule has 1 amide bonds. The zero-order valence-electron chi connectivity index (χ0n) is 11.3. The van der Waals surface area contributed by atoms with Crippen LogP contribution in [-0.2, 0) is 4.74 Å². The summed E-state index contributed by atoms with van der Waals surface area (Å²) in [5.41, 5.74) is 1.70. The summed E-state index contributed by atoms with van der Waals surface area (Å²) < 4.78 is 5.53.